The highest BCUT2D eigenvalue weighted by molar-refractivity contribution is 5.96. The minimum absolute atomic E-state index is 0.0397. The molecular weight excluding hydrogens is 408 g/mol. The first kappa shape index (κ1) is 20.7. The summed E-state index contributed by atoms with van der Waals surface area (Å²) in [7, 11) is 0. The van der Waals surface area contributed by atoms with Gasteiger partial charge in [-0.2, -0.15) is 5.10 Å². The maximum atomic E-state index is 12.4. The van der Waals surface area contributed by atoms with Gasteiger partial charge in [-0.05, 0) is 55.9 Å². The number of aliphatic hydroxyl groups excluding tert-OH is 1. The lowest BCUT2D eigenvalue weighted by molar-refractivity contribution is -0.131. The summed E-state index contributed by atoms with van der Waals surface area (Å²) in [6.07, 6.45) is 9.03. The number of carbonyl (C=O) groups excluding carboxylic acids is 1. The Labute approximate surface area is 185 Å². The van der Waals surface area contributed by atoms with Gasteiger partial charge in [-0.25, -0.2) is 4.68 Å². The van der Waals surface area contributed by atoms with Crippen LogP contribution in [0, 0.1) is 12.8 Å². The number of aryl methyl sites for hydroxylation is 1. The van der Waals surface area contributed by atoms with Crippen LogP contribution in [0.3, 0.4) is 0 Å². The zero-order valence-electron chi connectivity index (χ0n) is 17.8. The Hall–Kier alpha value is -3.23. The molecule has 3 aromatic rings. The van der Waals surface area contributed by atoms with Gasteiger partial charge < -0.3 is 20.3 Å². The lowest BCUT2D eigenvalue weighted by Crippen LogP contribution is -2.40. The monoisotopic (exact) mass is 434 g/mol. The molecular formula is C24H26N4O4. The van der Waals surface area contributed by atoms with Crippen molar-refractivity contribution in [2.75, 3.05) is 0 Å². The van der Waals surface area contributed by atoms with Gasteiger partial charge in [0.05, 0.1) is 30.4 Å². The van der Waals surface area contributed by atoms with Crippen molar-refractivity contribution in [3.05, 3.63) is 60.2 Å². The van der Waals surface area contributed by atoms with E-state index in [4.69, 9.17) is 4.74 Å². The molecule has 0 atom stereocenters. The van der Waals surface area contributed by atoms with Crippen molar-refractivity contribution in [1.29, 1.82) is 0 Å². The summed E-state index contributed by atoms with van der Waals surface area (Å²) in [6.45, 7) is 2.01. The molecule has 0 spiro atoms. The molecule has 3 N–H and O–H groups in total. The van der Waals surface area contributed by atoms with Gasteiger partial charge in [0.25, 0.3) is 5.91 Å². The van der Waals surface area contributed by atoms with Crippen LogP contribution in [-0.4, -0.2) is 49.3 Å². The first-order chi connectivity index (χ1) is 15.5. The van der Waals surface area contributed by atoms with Crippen LogP contribution < -0.4 is 10.1 Å². The van der Waals surface area contributed by atoms with Gasteiger partial charge in [0, 0.05) is 35.3 Å². The van der Waals surface area contributed by atoms with Crippen molar-refractivity contribution in [2.45, 2.75) is 51.0 Å². The average molecular weight is 434 g/mol. The second-order valence-electron chi connectivity index (χ2n) is 8.71. The molecule has 1 aromatic carbocycles. The molecule has 2 aromatic heterocycles. The fourth-order valence-corrected chi connectivity index (χ4v) is 3.91. The summed E-state index contributed by atoms with van der Waals surface area (Å²) in [5, 5.41) is 25.9. The van der Waals surface area contributed by atoms with E-state index in [1.54, 1.807) is 23.3 Å². The summed E-state index contributed by atoms with van der Waals surface area (Å²) >= 11 is 0. The molecule has 0 aliphatic heterocycles. The molecule has 0 bridgehead atoms. The summed E-state index contributed by atoms with van der Waals surface area (Å²) in [4.78, 5) is 16.7. The van der Waals surface area contributed by atoms with E-state index >= 15 is 0 Å². The summed E-state index contributed by atoms with van der Waals surface area (Å²) in [6, 6.07) is 7.90. The zero-order chi connectivity index (χ0) is 22.2. The van der Waals surface area contributed by atoms with E-state index in [9.17, 15) is 15.0 Å². The lowest BCUT2D eigenvalue weighted by atomic mass is 9.82. The van der Waals surface area contributed by atoms with Crippen LogP contribution in [0.4, 0.5) is 0 Å². The van der Waals surface area contributed by atoms with E-state index in [-0.39, 0.29) is 17.9 Å². The number of pyridine rings is 1. The van der Waals surface area contributed by atoms with E-state index in [2.05, 4.69) is 15.4 Å². The highest BCUT2D eigenvalue weighted by atomic mass is 16.5. The fraction of sp³-hybridized carbons (Fsp3) is 0.375. The molecule has 1 amide bonds. The first-order valence-electron chi connectivity index (χ1n) is 10.9. The number of hydrogen-bond acceptors (Lipinski definition) is 6. The fourth-order valence-electron chi connectivity index (χ4n) is 3.91. The molecule has 0 unspecified atom stereocenters. The molecule has 5 rings (SSSR count). The number of carbonyl (C=O) groups is 1. The standard InChI is InChI=1S/C24H26N4O4/c1-14-2-3-15(23(29)27-18-4-5-18)8-22(14)17-10-26-28(13-17)19-9-21(12-25-11-19)32-20-6-16(7-20)24(30)31/h2-3,8-13,16,18,20,24,30-31H,4-7H2,1H3,(H,27,29). The van der Waals surface area contributed by atoms with Crippen LogP contribution in [0.5, 0.6) is 5.75 Å². The third kappa shape index (κ3) is 4.37. The second-order valence-corrected chi connectivity index (χ2v) is 8.71. The maximum Gasteiger partial charge on any atom is 0.251 e. The summed E-state index contributed by atoms with van der Waals surface area (Å²) in [5.74, 6) is 0.447. The Bertz CT molecular complexity index is 1130. The Balaban J connectivity index is 1.32. The Kier molecular flexibility index (Phi) is 5.40. The third-order valence-electron chi connectivity index (χ3n) is 6.12. The molecule has 0 saturated heterocycles. The number of amides is 1. The van der Waals surface area contributed by atoms with E-state index in [0.717, 1.165) is 35.2 Å². The molecule has 32 heavy (non-hydrogen) atoms. The van der Waals surface area contributed by atoms with Crippen molar-refractivity contribution in [3.8, 4) is 22.6 Å². The van der Waals surface area contributed by atoms with E-state index in [0.29, 0.717) is 30.2 Å². The number of benzene rings is 1. The quantitative estimate of drug-likeness (QED) is 0.493. The predicted molar refractivity (Wildman–Crippen MR) is 117 cm³/mol. The molecule has 8 heteroatoms. The van der Waals surface area contributed by atoms with Crippen molar-refractivity contribution < 1.29 is 19.7 Å². The average Bonchev–Trinajstić information content (AvgIpc) is 3.42. The minimum atomic E-state index is -1.29. The highest BCUT2D eigenvalue weighted by Crippen LogP contribution is 2.33. The summed E-state index contributed by atoms with van der Waals surface area (Å²) in [5.41, 5.74) is 4.34. The van der Waals surface area contributed by atoms with E-state index in [1.165, 1.54) is 0 Å². The number of aromatic nitrogens is 3. The van der Waals surface area contributed by atoms with Crippen molar-refractivity contribution in [3.63, 3.8) is 0 Å². The molecule has 2 saturated carbocycles. The van der Waals surface area contributed by atoms with Gasteiger partial charge in [0.1, 0.15) is 5.75 Å². The van der Waals surface area contributed by atoms with Gasteiger partial charge in [-0.1, -0.05) is 6.07 Å². The number of ether oxygens (including phenoxy) is 1. The number of rotatable bonds is 7. The lowest BCUT2D eigenvalue weighted by Gasteiger charge is -2.36. The van der Waals surface area contributed by atoms with Crippen molar-refractivity contribution in [2.24, 2.45) is 5.92 Å². The second kappa shape index (κ2) is 8.37. The maximum absolute atomic E-state index is 12.4. The zero-order valence-corrected chi connectivity index (χ0v) is 17.8. The molecule has 2 aliphatic carbocycles. The Morgan fingerprint density at radius 1 is 1.19 bits per heavy atom. The molecule has 8 nitrogen and oxygen atoms in total. The van der Waals surface area contributed by atoms with Crippen LogP contribution >= 0.6 is 0 Å². The van der Waals surface area contributed by atoms with Crippen LogP contribution in [0.1, 0.15) is 41.6 Å². The van der Waals surface area contributed by atoms with Crippen molar-refractivity contribution in [1.82, 2.24) is 20.1 Å². The SMILES string of the molecule is Cc1ccc(C(=O)NC2CC2)cc1-c1cnn(-c2cncc(OC3CC(C(O)O)C3)c2)c1. The van der Waals surface area contributed by atoms with Gasteiger partial charge in [-0.15, -0.1) is 0 Å². The Morgan fingerprint density at radius 3 is 2.75 bits per heavy atom. The van der Waals surface area contributed by atoms with Gasteiger partial charge >= 0.3 is 0 Å². The molecule has 2 aliphatic rings. The van der Waals surface area contributed by atoms with Crippen LogP contribution in [0.2, 0.25) is 0 Å². The highest BCUT2D eigenvalue weighted by Gasteiger charge is 2.35. The molecule has 2 heterocycles. The number of aliphatic hydroxyl groups is 2. The van der Waals surface area contributed by atoms with Gasteiger partial charge in [0.15, 0.2) is 6.29 Å². The number of nitrogens with zero attached hydrogens (tertiary/aromatic N) is 3. The smallest absolute Gasteiger partial charge is 0.251 e. The van der Waals surface area contributed by atoms with E-state index < -0.39 is 6.29 Å². The largest absolute Gasteiger partial charge is 0.489 e. The van der Waals surface area contributed by atoms with Crippen LogP contribution in [0.15, 0.2) is 49.1 Å². The van der Waals surface area contributed by atoms with Crippen molar-refractivity contribution >= 4 is 5.91 Å². The molecule has 2 fully saturated rings. The third-order valence-corrected chi connectivity index (χ3v) is 6.12. The predicted octanol–water partition coefficient (Wildman–Crippen LogP) is 2.60. The first-order valence-corrected chi connectivity index (χ1v) is 10.9. The van der Waals surface area contributed by atoms with E-state index in [1.807, 2.05) is 37.4 Å². The van der Waals surface area contributed by atoms with Gasteiger partial charge in [-0.3, -0.25) is 9.78 Å². The van der Waals surface area contributed by atoms with Gasteiger partial charge in [0.2, 0.25) is 0 Å². The van der Waals surface area contributed by atoms with Crippen LogP contribution in [-0.2, 0) is 0 Å². The topological polar surface area (TPSA) is 110 Å². The number of nitrogens with one attached hydrogen (secondary N) is 1. The molecule has 166 valence electrons. The Morgan fingerprint density at radius 2 is 2.00 bits per heavy atom. The molecule has 0 radical (unpaired) electrons. The normalized spacial score (nSPS) is 20.1. The van der Waals surface area contributed by atoms with Crippen LogP contribution in [0.25, 0.3) is 16.8 Å². The summed E-state index contributed by atoms with van der Waals surface area (Å²) < 4.78 is 7.64. The number of hydrogen-bond donors (Lipinski definition) is 3. The minimum Gasteiger partial charge on any atom is -0.489 e.